The molecule has 0 aliphatic carbocycles. The summed E-state index contributed by atoms with van der Waals surface area (Å²) in [5.74, 6) is -4.57. The third kappa shape index (κ3) is 12.6. The molecule has 0 spiro atoms. The van der Waals surface area contributed by atoms with Crippen LogP contribution < -0.4 is 0 Å². The lowest BCUT2D eigenvalue weighted by Gasteiger charge is -2.53. The molecule has 0 unspecified atom stereocenters. The Balaban J connectivity index is 1.57. The number of nitrogens with zero attached hydrogens (tertiary/aromatic N) is 1. The summed E-state index contributed by atoms with van der Waals surface area (Å²) in [6.07, 6.45) is -9.20. The third-order valence-corrected chi connectivity index (χ3v) is 13.7. The molecule has 1 aromatic carbocycles. The van der Waals surface area contributed by atoms with Crippen molar-refractivity contribution in [1.82, 2.24) is 4.90 Å². The van der Waals surface area contributed by atoms with Crippen LogP contribution in [0.2, 0.25) is 0 Å². The number of hydrogen-bond donors (Lipinski definition) is 2. The average molecular weight is 936 g/mol. The highest BCUT2D eigenvalue weighted by Crippen LogP contribution is 2.45. The molecule has 5 rings (SSSR count). The highest BCUT2D eigenvalue weighted by Gasteiger charge is 2.57. The van der Waals surface area contributed by atoms with Gasteiger partial charge in [-0.25, -0.2) is 9.59 Å². The highest BCUT2D eigenvalue weighted by molar-refractivity contribution is 5.73. The van der Waals surface area contributed by atoms with Gasteiger partial charge in [0.1, 0.15) is 18.3 Å². The van der Waals surface area contributed by atoms with Gasteiger partial charge in [0.25, 0.3) is 0 Å². The zero-order valence-corrected chi connectivity index (χ0v) is 41.6. The second kappa shape index (κ2) is 21.9. The van der Waals surface area contributed by atoms with Crippen molar-refractivity contribution in [3.63, 3.8) is 0 Å². The van der Waals surface area contributed by atoms with Crippen molar-refractivity contribution in [2.75, 3.05) is 21.2 Å². The van der Waals surface area contributed by atoms with E-state index >= 15 is 0 Å². The first-order chi connectivity index (χ1) is 30.8. The number of cyclic esters (lactones) is 1. The second-order valence-electron chi connectivity index (χ2n) is 20.1. The first-order valence-electron chi connectivity index (χ1n) is 23.4. The van der Waals surface area contributed by atoms with Crippen molar-refractivity contribution in [1.29, 1.82) is 0 Å². The Labute approximate surface area is 390 Å². The zero-order chi connectivity index (χ0) is 49.1. The van der Waals surface area contributed by atoms with Gasteiger partial charge in [0.15, 0.2) is 30.6 Å². The summed E-state index contributed by atoms with van der Waals surface area (Å²) in [4.78, 5) is 42.2. The molecule has 17 heteroatoms. The van der Waals surface area contributed by atoms with Gasteiger partial charge < -0.3 is 67.2 Å². The Hall–Kier alpha value is -3.39. The van der Waals surface area contributed by atoms with Crippen LogP contribution >= 0.6 is 0 Å². The summed E-state index contributed by atoms with van der Waals surface area (Å²) < 4.78 is 67.8. The van der Waals surface area contributed by atoms with Crippen LogP contribution in [0.15, 0.2) is 42.0 Å². The monoisotopic (exact) mass is 936 g/mol. The number of carbonyl (C=O) groups excluding carboxylic acids is 3. The Morgan fingerprint density at radius 2 is 1.55 bits per heavy atom. The van der Waals surface area contributed by atoms with Gasteiger partial charge in [-0.05, 0) is 112 Å². The summed E-state index contributed by atoms with van der Waals surface area (Å²) in [5.41, 5.74) is -1.98. The van der Waals surface area contributed by atoms with E-state index < -0.39 is 114 Å². The van der Waals surface area contributed by atoms with Gasteiger partial charge in [-0.1, -0.05) is 58.0 Å². The minimum Gasteiger partial charge on any atom is -0.459 e. The van der Waals surface area contributed by atoms with Gasteiger partial charge in [-0.15, -0.1) is 0 Å². The van der Waals surface area contributed by atoms with Crippen LogP contribution in [0.25, 0.3) is 0 Å². The quantitative estimate of drug-likeness (QED) is 0.143. The standard InChI is InChI=1S/C49H77NO16/c1-16-35-49(12,55)42-29(5)37(65-47(9,10)66-42)27(3)24-48(11,54)41(64-44-40(63-45(52)56-15)34(50(13)14)23-28(4)58-44)30(6)39(31(7)43(51)60-35)61-36-22-26(2)38(32(8)59-36)62-46(53)57-25-33-20-18-17-19-21-33/h17-22,27-32,34-42,44,54-55H,16,23-25H2,1-15H3/t27-,28-,29-,30+,31-,32+,34+,35-,36-,37+,38-,39+,40-,41-,42+,44+,48-,49-/m1/s1. The first-order valence-corrected chi connectivity index (χ1v) is 23.4. The number of carbonyl (C=O) groups is 3. The van der Waals surface area contributed by atoms with Crippen molar-refractivity contribution < 1.29 is 76.7 Å². The van der Waals surface area contributed by atoms with E-state index in [0.29, 0.717) is 12.0 Å². The maximum absolute atomic E-state index is 14.7. The van der Waals surface area contributed by atoms with E-state index in [1.54, 1.807) is 61.5 Å². The van der Waals surface area contributed by atoms with Gasteiger partial charge in [0.05, 0.1) is 61.3 Å². The first kappa shape index (κ1) is 53.6. The molecule has 0 amide bonds. The van der Waals surface area contributed by atoms with Crippen molar-refractivity contribution in [3.8, 4) is 0 Å². The Morgan fingerprint density at radius 3 is 2.15 bits per heavy atom. The summed E-state index contributed by atoms with van der Waals surface area (Å²) in [5, 5.41) is 25.4. The van der Waals surface area contributed by atoms with E-state index in [4.69, 9.17) is 52.1 Å². The fourth-order valence-electron chi connectivity index (χ4n) is 10.4. The number of likely N-dealkylation sites (N-methyl/N-ethyl adjacent to an activating group) is 1. The molecule has 2 N–H and O–H groups in total. The summed E-state index contributed by atoms with van der Waals surface area (Å²) >= 11 is 0. The molecule has 374 valence electrons. The number of ether oxygens (including phenoxy) is 11. The zero-order valence-electron chi connectivity index (χ0n) is 41.6. The van der Waals surface area contributed by atoms with Crippen LogP contribution in [-0.2, 0) is 63.5 Å². The fraction of sp³-hybridized carbons (Fsp3) is 0.776. The number of fused-ring (bicyclic) bond motifs is 2. The van der Waals surface area contributed by atoms with E-state index in [0.717, 1.165) is 5.56 Å². The summed E-state index contributed by atoms with van der Waals surface area (Å²) in [6, 6.07) is 8.86. The number of benzene rings is 1. The number of rotatable bonds is 10. The van der Waals surface area contributed by atoms with Crippen LogP contribution in [-0.4, -0.2) is 145 Å². The topological polar surface area (TPSA) is 196 Å². The molecule has 0 aromatic heterocycles. The van der Waals surface area contributed by atoms with Crippen LogP contribution in [0, 0.1) is 23.7 Å². The number of esters is 1. The fourth-order valence-corrected chi connectivity index (χ4v) is 10.4. The molecule has 0 radical (unpaired) electrons. The lowest BCUT2D eigenvalue weighted by Crippen LogP contribution is -2.64. The molecule has 4 aliphatic heterocycles. The molecular formula is C49H77NO16. The lowest BCUT2D eigenvalue weighted by molar-refractivity contribution is -0.360. The summed E-state index contributed by atoms with van der Waals surface area (Å²) in [7, 11) is 4.94. The predicted octanol–water partition coefficient (Wildman–Crippen LogP) is 6.68. The van der Waals surface area contributed by atoms with E-state index in [2.05, 4.69) is 0 Å². The Morgan fingerprint density at radius 1 is 0.879 bits per heavy atom. The molecule has 2 bridgehead atoms. The largest absolute Gasteiger partial charge is 0.509 e. The van der Waals surface area contributed by atoms with E-state index in [9.17, 15) is 24.6 Å². The Kier molecular flexibility index (Phi) is 17.8. The lowest BCUT2D eigenvalue weighted by atomic mass is 9.72. The van der Waals surface area contributed by atoms with Crippen LogP contribution in [0.1, 0.15) is 108 Å². The van der Waals surface area contributed by atoms with Crippen molar-refractivity contribution >= 4 is 18.3 Å². The summed E-state index contributed by atoms with van der Waals surface area (Å²) in [6.45, 7) is 21.4. The van der Waals surface area contributed by atoms with Gasteiger partial charge in [-0.2, -0.15) is 0 Å². The van der Waals surface area contributed by atoms with Crippen LogP contribution in [0.4, 0.5) is 9.59 Å². The predicted molar refractivity (Wildman–Crippen MR) is 240 cm³/mol. The van der Waals surface area contributed by atoms with Crippen molar-refractivity contribution in [2.45, 2.75) is 200 Å². The van der Waals surface area contributed by atoms with E-state index in [1.165, 1.54) is 7.11 Å². The van der Waals surface area contributed by atoms with E-state index in [1.807, 2.05) is 77.0 Å². The SMILES string of the molecule is CC[C@H]1OC(=O)[C@H](C)[C@@H](O[C@@H]2C=C(C)[C@@H](OC(=O)OCc3ccccc3)[C@H](C)O2)[C@H](C)[C@@H](O[C@@H]2O[C@H](C)C[C@H](N(C)C)[C@H]2OC(=O)OC)[C@](C)(O)C[C@@H](C)[C@@H]2OC(C)(C)O[C@@H]([C@@H]2C)[C@]1(C)O. The molecule has 66 heavy (non-hydrogen) atoms. The van der Waals surface area contributed by atoms with Crippen LogP contribution in [0.3, 0.4) is 0 Å². The molecule has 1 aromatic rings. The molecule has 3 saturated heterocycles. The minimum absolute atomic E-state index is 0.0261. The van der Waals surface area contributed by atoms with Gasteiger partial charge >= 0.3 is 18.3 Å². The van der Waals surface area contributed by atoms with Gasteiger partial charge in [0, 0.05) is 11.8 Å². The van der Waals surface area contributed by atoms with Crippen molar-refractivity contribution in [2.24, 2.45) is 23.7 Å². The molecule has 17 nitrogen and oxygen atoms in total. The smallest absolute Gasteiger partial charge is 0.459 e. The van der Waals surface area contributed by atoms with Crippen LogP contribution in [0.5, 0.6) is 0 Å². The third-order valence-electron chi connectivity index (χ3n) is 13.7. The maximum atomic E-state index is 14.7. The van der Waals surface area contributed by atoms with Crippen molar-refractivity contribution in [3.05, 3.63) is 47.5 Å². The number of methoxy groups -OCH3 is 1. The number of aliphatic hydroxyl groups is 2. The minimum atomic E-state index is -1.72. The molecule has 3 fully saturated rings. The number of hydrogen-bond acceptors (Lipinski definition) is 17. The molecule has 4 heterocycles. The average Bonchev–Trinajstić information content (AvgIpc) is 3.24. The second-order valence-corrected chi connectivity index (χ2v) is 20.1. The Bertz CT molecular complexity index is 1800. The molecular weight excluding hydrogens is 859 g/mol. The highest BCUT2D eigenvalue weighted by atomic mass is 16.8. The normalized spacial score (nSPS) is 41.1. The van der Waals surface area contributed by atoms with E-state index in [-0.39, 0.29) is 37.5 Å². The van der Waals surface area contributed by atoms with Gasteiger partial charge in [-0.3, -0.25) is 4.79 Å². The molecule has 0 saturated carbocycles. The molecule has 4 aliphatic rings. The van der Waals surface area contributed by atoms with Gasteiger partial charge in [0.2, 0.25) is 0 Å². The molecule has 18 atom stereocenters. The maximum Gasteiger partial charge on any atom is 0.509 e.